The summed E-state index contributed by atoms with van der Waals surface area (Å²) in [6.45, 7) is -0.0274. The van der Waals surface area contributed by atoms with Crippen LogP contribution in [0, 0.1) is 0 Å². The van der Waals surface area contributed by atoms with Crippen molar-refractivity contribution in [2.75, 3.05) is 13.1 Å². The normalized spacial score (nSPS) is 20.4. The molecule has 0 spiro atoms. The first-order valence-electron chi connectivity index (χ1n) is 5.51. The molecule has 1 amide bonds. The predicted octanol–water partition coefficient (Wildman–Crippen LogP) is 1.26. The molecule has 0 aromatic heterocycles. The number of halogens is 2. The zero-order valence-electron chi connectivity index (χ0n) is 9.25. The fourth-order valence-corrected chi connectivity index (χ4v) is 1.81. The highest BCUT2D eigenvalue weighted by molar-refractivity contribution is 5.78. The minimum absolute atomic E-state index is 0.00946. The summed E-state index contributed by atoms with van der Waals surface area (Å²) in [7, 11) is 0. The quantitative estimate of drug-likeness (QED) is 0.831. The standard InChI is InChI=1S/C12H14F2N2O/c13-12(14,9-4-2-1-3-5-9)8-16-10-6-11(17)15-7-10/h1-5,10,16H,6-8H2,(H,15,17). The highest BCUT2D eigenvalue weighted by Gasteiger charge is 2.33. The van der Waals surface area contributed by atoms with E-state index in [4.69, 9.17) is 0 Å². The van der Waals surface area contributed by atoms with E-state index in [2.05, 4.69) is 10.6 Å². The van der Waals surface area contributed by atoms with Gasteiger partial charge in [0.15, 0.2) is 0 Å². The highest BCUT2D eigenvalue weighted by Crippen LogP contribution is 2.26. The lowest BCUT2D eigenvalue weighted by molar-refractivity contribution is -0.119. The molecule has 17 heavy (non-hydrogen) atoms. The van der Waals surface area contributed by atoms with Crippen molar-refractivity contribution in [1.82, 2.24) is 10.6 Å². The third kappa shape index (κ3) is 3.00. The van der Waals surface area contributed by atoms with Gasteiger partial charge in [0.2, 0.25) is 5.91 Å². The molecule has 1 fully saturated rings. The molecule has 1 aromatic carbocycles. The lowest BCUT2D eigenvalue weighted by Crippen LogP contribution is -2.38. The van der Waals surface area contributed by atoms with E-state index in [0.717, 1.165) is 0 Å². The summed E-state index contributed by atoms with van der Waals surface area (Å²) in [5, 5.41) is 5.32. The number of carbonyl (C=O) groups excluding carboxylic acids is 1. The van der Waals surface area contributed by atoms with Crippen LogP contribution in [0.4, 0.5) is 8.78 Å². The van der Waals surface area contributed by atoms with Gasteiger partial charge in [0.05, 0.1) is 6.54 Å². The number of amides is 1. The number of carbonyl (C=O) groups is 1. The first-order valence-corrected chi connectivity index (χ1v) is 5.51. The molecule has 0 saturated carbocycles. The maximum Gasteiger partial charge on any atom is 0.285 e. The maximum absolute atomic E-state index is 13.7. The van der Waals surface area contributed by atoms with E-state index < -0.39 is 12.5 Å². The summed E-state index contributed by atoms with van der Waals surface area (Å²) in [6.07, 6.45) is 0.269. The van der Waals surface area contributed by atoms with Gasteiger partial charge in [0, 0.05) is 24.6 Å². The summed E-state index contributed by atoms with van der Waals surface area (Å²) in [6, 6.07) is 7.48. The average Bonchev–Trinajstić information content (AvgIpc) is 2.74. The van der Waals surface area contributed by atoms with Crippen molar-refractivity contribution in [1.29, 1.82) is 0 Å². The van der Waals surface area contributed by atoms with Crippen LogP contribution in [0.15, 0.2) is 30.3 Å². The Hall–Kier alpha value is -1.49. The van der Waals surface area contributed by atoms with Gasteiger partial charge in [-0.2, -0.15) is 8.78 Å². The predicted molar refractivity (Wildman–Crippen MR) is 59.8 cm³/mol. The van der Waals surface area contributed by atoms with Crippen molar-refractivity contribution in [3.05, 3.63) is 35.9 Å². The van der Waals surface area contributed by atoms with E-state index in [1.807, 2.05) is 0 Å². The molecule has 0 aliphatic carbocycles. The molecule has 5 heteroatoms. The molecule has 1 atom stereocenters. The fraction of sp³-hybridized carbons (Fsp3) is 0.417. The van der Waals surface area contributed by atoms with Gasteiger partial charge in [-0.25, -0.2) is 0 Å². The minimum Gasteiger partial charge on any atom is -0.354 e. The monoisotopic (exact) mass is 240 g/mol. The summed E-state index contributed by atoms with van der Waals surface area (Å²) in [5.41, 5.74) is -0.00946. The van der Waals surface area contributed by atoms with E-state index in [1.54, 1.807) is 18.2 Å². The van der Waals surface area contributed by atoms with Gasteiger partial charge in [-0.1, -0.05) is 30.3 Å². The van der Waals surface area contributed by atoms with Crippen LogP contribution in [0.5, 0.6) is 0 Å². The number of benzene rings is 1. The van der Waals surface area contributed by atoms with Crippen LogP contribution in [0.3, 0.4) is 0 Å². The Labute approximate surface area is 98.2 Å². The molecule has 2 rings (SSSR count). The van der Waals surface area contributed by atoms with Crippen LogP contribution in [0.25, 0.3) is 0 Å². The number of hydrogen-bond acceptors (Lipinski definition) is 2. The van der Waals surface area contributed by atoms with E-state index >= 15 is 0 Å². The smallest absolute Gasteiger partial charge is 0.285 e. The number of nitrogens with one attached hydrogen (secondary N) is 2. The largest absolute Gasteiger partial charge is 0.354 e. The van der Waals surface area contributed by atoms with Gasteiger partial charge in [0.25, 0.3) is 5.92 Å². The van der Waals surface area contributed by atoms with Gasteiger partial charge < -0.3 is 10.6 Å². The Morgan fingerprint density at radius 1 is 1.35 bits per heavy atom. The van der Waals surface area contributed by atoms with Gasteiger partial charge in [-0.15, -0.1) is 0 Å². The van der Waals surface area contributed by atoms with E-state index in [9.17, 15) is 13.6 Å². The topological polar surface area (TPSA) is 41.1 Å². The molecule has 1 aliphatic heterocycles. The molecule has 1 aliphatic rings. The Balaban J connectivity index is 1.91. The van der Waals surface area contributed by atoms with E-state index in [-0.39, 0.29) is 23.9 Å². The molecule has 1 heterocycles. The zero-order valence-corrected chi connectivity index (χ0v) is 9.25. The van der Waals surface area contributed by atoms with Crippen LogP contribution in [-0.4, -0.2) is 25.0 Å². The molecule has 0 radical (unpaired) electrons. The molecular formula is C12H14F2N2O. The van der Waals surface area contributed by atoms with Crippen molar-refractivity contribution in [3.63, 3.8) is 0 Å². The third-order valence-electron chi connectivity index (χ3n) is 2.79. The van der Waals surface area contributed by atoms with Gasteiger partial charge in [-0.05, 0) is 0 Å². The van der Waals surface area contributed by atoms with Crippen molar-refractivity contribution in [3.8, 4) is 0 Å². The second-order valence-corrected chi connectivity index (χ2v) is 4.16. The first-order chi connectivity index (χ1) is 8.08. The molecule has 3 nitrogen and oxygen atoms in total. The number of rotatable bonds is 4. The Morgan fingerprint density at radius 2 is 2.06 bits per heavy atom. The summed E-state index contributed by atoms with van der Waals surface area (Å²) in [5.74, 6) is -3.00. The van der Waals surface area contributed by atoms with Crippen LogP contribution < -0.4 is 10.6 Å². The van der Waals surface area contributed by atoms with Crippen molar-refractivity contribution in [2.24, 2.45) is 0 Å². The summed E-state index contributed by atoms with van der Waals surface area (Å²) >= 11 is 0. The molecule has 92 valence electrons. The molecule has 2 N–H and O–H groups in total. The lowest BCUT2D eigenvalue weighted by atomic mass is 10.1. The molecular weight excluding hydrogens is 226 g/mol. The summed E-state index contributed by atoms with van der Waals surface area (Å²) in [4.78, 5) is 10.9. The van der Waals surface area contributed by atoms with Gasteiger partial charge >= 0.3 is 0 Å². The first kappa shape index (κ1) is 12.0. The van der Waals surface area contributed by atoms with Crippen molar-refractivity contribution in [2.45, 2.75) is 18.4 Å². The zero-order chi connectivity index (χ0) is 12.3. The van der Waals surface area contributed by atoms with Crippen LogP contribution in [0.2, 0.25) is 0 Å². The Morgan fingerprint density at radius 3 is 2.65 bits per heavy atom. The minimum atomic E-state index is -2.91. The Bertz CT molecular complexity index is 395. The van der Waals surface area contributed by atoms with Crippen LogP contribution in [-0.2, 0) is 10.7 Å². The maximum atomic E-state index is 13.7. The fourth-order valence-electron chi connectivity index (χ4n) is 1.81. The van der Waals surface area contributed by atoms with Crippen LogP contribution in [0.1, 0.15) is 12.0 Å². The van der Waals surface area contributed by atoms with E-state index in [0.29, 0.717) is 6.54 Å². The number of alkyl halides is 2. The molecule has 1 unspecified atom stereocenters. The molecule has 1 aromatic rings. The van der Waals surface area contributed by atoms with Crippen LogP contribution >= 0.6 is 0 Å². The lowest BCUT2D eigenvalue weighted by Gasteiger charge is -2.19. The second kappa shape index (κ2) is 4.79. The molecule has 0 bridgehead atoms. The highest BCUT2D eigenvalue weighted by atomic mass is 19.3. The number of hydrogen-bond donors (Lipinski definition) is 2. The molecule has 1 saturated heterocycles. The van der Waals surface area contributed by atoms with Crippen molar-refractivity contribution >= 4 is 5.91 Å². The third-order valence-corrected chi connectivity index (χ3v) is 2.79. The van der Waals surface area contributed by atoms with Gasteiger partial charge in [-0.3, -0.25) is 4.79 Å². The Kier molecular flexibility index (Phi) is 3.38. The average molecular weight is 240 g/mol. The van der Waals surface area contributed by atoms with Crippen molar-refractivity contribution < 1.29 is 13.6 Å². The van der Waals surface area contributed by atoms with E-state index in [1.165, 1.54) is 12.1 Å². The SMILES string of the molecule is O=C1CC(NCC(F)(F)c2ccccc2)CN1. The second-order valence-electron chi connectivity index (χ2n) is 4.16. The summed E-state index contributed by atoms with van der Waals surface area (Å²) < 4.78 is 27.5. The van der Waals surface area contributed by atoms with Gasteiger partial charge in [0.1, 0.15) is 0 Å².